The minimum Gasteiger partial charge on any atom is -0.349 e. The minimum atomic E-state index is -0.536. The number of imidazole rings is 1. The third kappa shape index (κ3) is 5.01. The number of nitrogens with one attached hydrogen (secondary N) is 2. The van der Waals surface area contributed by atoms with Crippen LogP contribution in [0.1, 0.15) is 51.6 Å². The molecular formula is C20H27ClN4O2. The van der Waals surface area contributed by atoms with Crippen LogP contribution >= 0.6 is 11.6 Å². The fourth-order valence-electron chi connectivity index (χ4n) is 3.56. The molecule has 0 bridgehead atoms. The molecule has 6 nitrogen and oxygen atoms in total. The topological polar surface area (TPSA) is 75.5 Å². The number of nitrogens with zero attached hydrogens (tertiary/aromatic N) is 2. The number of amides is 2. The standard InChI is InChI=1S/C20H27ClN4O2/c1-13(2)18(24-19(26)14-6-4-3-5-7-14)20(27)22-10-16-12-25-11-15(21)8-9-17(25)23-16/h8-9,11-14,18H,3-7,10H2,1-2H3,(H,22,27)(H,24,26). The highest BCUT2D eigenvalue weighted by atomic mass is 35.5. The van der Waals surface area contributed by atoms with Crippen molar-refractivity contribution in [2.45, 2.75) is 58.5 Å². The molecule has 7 heteroatoms. The predicted octanol–water partition coefficient (Wildman–Crippen LogP) is 3.33. The summed E-state index contributed by atoms with van der Waals surface area (Å²) in [6.07, 6.45) is 8.83. The maximum atomic E-state index is 12.7. The molecule has 2 amide bonds. The Morgan fingerprint density at radius 3 is 2.67 bits per heavy atom. The van der Waals surface area contributed by atoms with Gasteiger partial charge in [0.15, 0.2) is 0 Å². The molecule has 1 fully saturated rings. The lowest BCUT2D eigenvalue weighted by Crippen LogP contribution is -2.51. The number of carbonyl (C=O) groups excluding carboxylic acids is 2. The number of rotatable bonds is 6. The van der Waals surface area contributed by atoms with Gasteiger partial charge in [-0.1, -0.05) is 44.7 Å². The summed E-state index contributed by atoms with van der Waals surface area (Å²) in [7, 11) is 0. The van der Waals surface area contributed by atoms with Crippen molar-refractivity contribution in [1.29, 1.82) is 0 Å². The Kier molecular flexibility index (Phi) is 6.37. The fourth-order valence-corrected chi connectivity index (χ4v) is 3.73. The molecule has 0 spiro atoms. The van der Waals surface area contributed by atoms with Crippen molar-refractivity contribution < 1.29 is 9.59 Å². The first-order valence-corrected chi connectivity index (χ1v) is 10.0. The molecule has 1 saturated carbocycles. The molecule has 2 heterocycles. The van der Waals surface area contributed by atoms with E-state index in [1.54, 1.807) is 12.3 Å². The van der Waals surface area contributed by atoms with Crippen molar-refractivity contribution >= 4 is 29.1 Å². The van der Waals surface area contributed by atoms with E-state index in [4.69, 9.17) is 11.6 Å². The predicted molar refractivity (Wildman–Crippen MR) is 105 cm³/mol. The van der Waals surface area contributed by atoms with Crippen LogP contribution in [0.25, 0.3) is 5.65 Å². The zero-order valence-electron chi connectivity index (χ0n) is 15.9. The Bertz CT molecular complexity index is 811. The van der Waals surface area contributed by atoms with Crippen LogP contribution in [0.3, 0.4) is 0 Å². The maximum Gasteiger partial charge on any atom is 0.243 e. The number of halogens is 1. The van der Waals surface area contributed by atoms with Gasteiger partial charge in [-0.15, -0.1) is 0 Å². The molecular weight excluding hydrogens is 364 g/mol. The summed E-state index contributed by atoms with van der Waals surface area (Å²) in [6, 6.07) is 3.07. The zero-order chi connectivity index (χ0) is 19.4. The van der Waals surface area contributed by atoms with Gasteiger partial charge in [0, 0.05) is 18.3 Å². The van der Waals surface area contributed by atoms with Gasteiger partial charge in [-0.25, -0.2) is 4.98 Å². The second kappa shape index (κ2) is 8.74. The summed E-state index contributed by atoms with van der Waals surface area (Å²) in [5, 5.41) is 6.49. The Hall–Kier alpha value is -2.08. The van der Waals surface area contributed by atoms with Crippen LogP contribution in [0.15, 0.2) is 24.5 Å². The van der Waals surface area contributed by atoms with Crippen LogP contribution in [0.4, 0.5) is 0 Å². The molecule has 2 aromatic heterocycles. The lowest BCUT2D eigenvalue weighted by Gasteiger charge is -2.26. The number of pyridine rings is 1. The molecule has 1 aliphatic carbocycles. The first-order valence-electron chi connectivity index (χ1n) is 9.65. The number of hydrogen-bond acceptors (Lipinski definition) is 3. The normalized spacial score (nSPS) is 16.4. The highest BCUT2D eigenvalue weighted by molar-refractivity contribution is 6.30. The fraction of sp³-hybridized carbons (Fsp3) is 0.550. The molecule has 0 saturated heterocycles. The highest BCUT2D eigenvalue weighted by Gasteiger charge is 2.28. The third-order valence-corrected chi connectivity index (χ3v) is 5.36. The van der Waals surface area contributed by atoms with Gasteiger partial charge >= 0.3 is 0 Å². The highest BCUT2D eigenvalue weighted by Crippen LogP contribution is 2.24. The Morgan fingerprint density at radius 2 is 1.96 bits per heavy atom. The lowest BCUT2D eigenvalue weighted by atomic mass is 9.88. The van der Waals surface area contributed by atoms with Crippen molar-refractivity contribution in [1.82, 2.24) is 20.0 Å². The SMILES string of the molecule is CC(C)C(NC(=O)C1CCCCC1)C(=O)NCc1cn2cc(Cl)ccc2n1. The Balaban J connectivity index is 1.59. The number of aromatic nitrogens is 2. The molecule has 0 radical (unpaired) electrons. The van der Waals surface area contributed by atoms with Crippen LogP contribution in [0, 0.1) is 11.8 Å². The second-order valence-corrected chi connectivity index (χ2v) is 8.06. The van der Waals surface area contributed by atoms with E-state index in [1.165, 1.54) is 6.42 Å². The molecule has 2 N–H and O–H groups in total. The molecule has 1 unspecified atom stereocenters. The molecule has 2 aromatic rings. The molecule has 27 heavy (non-hydrogen) atoms. The van der Waals surface area contributed by atoms with Gasteiger partial charge < -0.3 is 15.0 Å². The van der Waals surface area contributed by atoms with E-state index in [-0.39, 0.29) is 23.7 Å². The molecule has 1 atom stereocenters. The average molecular weight is 391 g/mol. The van der Waals surface area contributed by atoms with Crippen molar-refractivity contribution in [3.8, 4) is 0 Å². The Labute approximate surface area is 164 Å². The number of hydrogen-bond donors (Lipinski definition) is 2. The van der Waals surface area contributed by atoms with Gasteiger partial charge in [-0.2, -0.15) is 0 Å². The van der Waals surface area contributed by atoms with Gasteiger partial charge in [0.25, 0.3) is 0 Å². The van der Waals surface area contributed by atoms with E-state index in [1.807, 2.05) is 30.5 Å². The van der Waals surface area contributed by atoms with E-state index in [0.29, 0.717) is 11.6 Å². The first-order chi connectivity index (χ1) is 12.9. The summed E-state index contributed by atoms with van der Waals surface area (Å²) in [4.78, 5) is 29.7. The van der Waals surface area contributed by atoms with E-state index in [9.17, 15) is 9.59 Å². The Morgan fingerprint density at radius 1 is 1.22 bits per heavy atom. The molecule has 3 rings (SSSR count). The average Bonchev–Trinajstić information content (AvgIpc) is 3.06. The molecule has 1 aliphatic rings. The summed E-state index contributed by atoms with van der Waals surface area (Å²) in [6.45, 7) is 4.19. The summed E-state index contributed by atoms with van der Waals surface area (Å²) in [5.41, 5.74) is 1.52. The minimum absolute atomic E-state index is 0.00548. The van der Waals surface area contributed by atoms with Crippen LogP contribution in [0.2, 0.25) is 5.02 Å². The van der Waals surface area contributed by atoms with Crippen molar-refractivity contribution in [3.63, 3.8) is 0 Å². The maximum absolute atomic E-state index is 12.7. The van der Waals surface area contributed by atoms with Gasteiger partial charge in [0.1, 0.15) is 11.7 Å². The van der Waals surface area contributed by atoms with E-state index >= 15 is 0 Å². The van der Waals surface area contributed by atoms with E-state index in [0.717, 1.165) is 37.0 Å². The monoisotopic (exact) mass is 390 g/mol. The van der Waals surface area contributed by atoms with Crippen LogP contribution < -0.4 is 10.6 Å². The largest absolute Gasteiger partial charge is 0.349 e. The summed E-state index contributed by atoms with van der Waals surface area (Å²) in [5.74, 6) is -0.122. The van der Waals surface area contributed by atoms with Gasteiger partial charge in [0.05, 0.1) is 17.3 Å². The molecule has 0 aliphatic heterocycles. The summed E-state index contributed by atoms with van der Waals surface area (Å²) >= 11 is 5.99. The van der Waals surface area contributed by atoms with E-state index < -0.39 is 6.04 Å². The second-order valence-electron chi connectivity index (χ2n) is 7.63. The summed E-state index contributed by atoms with van der Waals surface area (Å²) < 4.78 is 1.83. The van der Waals surface area contributed by atoms with Crippen molar-refractivity contribution in [2.75, 3.05) is 0 Å². The molecule has 146 valence electrons. The van der Waals surface area contributed by atoms with Crippen molar-refractivity contribution in [2.24, 2.45) is 11.8 Å². The lowest BCUT2D eigenvalue weighted by molar-refractivity contribution is -0.132. The third-order valence-electron chi connectivity index (χ3n) is 5.13. The van der Waals surface area contributed by atoms with E-state index in [2.05, 4.69) is 15.6 Å². The van der Waals surface area contributed by atoms with Gasteiger partial charge in [-0.3, -0.25) is 9.59 Å². The van der Waals surface area contributed by atoms with Gasteiger partial charge in [-0.05, 0) is 30.9 Å². The smallest absolute Gasteiger partial charge is 0.243 e. The first kappa shape index (κ1) is 19.7. The molecule has 0 aromatic carbocycles. The van der Waals surface area contributed by atoms with Gasteiger partial charge in [0.2, 0.25) is 11.8 Å². The van der Waals surface area contributed by atoms with Crippen molar-refractivity contribution in [3.05, 3.63) is 35.2 Å². The van der Waals surface area contributed by atoms with Crippen LogP contribution in [0.5, 0.6) is 0 Å². The van der Waals surface area contributed by atoms with Crippen LogP contribution in [-0.4, -0.2) is 27.2 Å². The number of fused-ring (bicyclic) bond motifs is 1. The van der Waals surface area contributed by atoms with Crippen LogP contribution in [-0.2, 0) is 16.1 Å². The number of carbonyl (C=O) groups is 2. The quantitative estimate of drug-likeness (QED) is 0.794. The zero-order valence-corrected chi connectivity index (χ0v) is 16.6.